The van der Waals surface area contributed by atoms with Crippen molar-refractivity contribution in [2.45, 2.75) is 79.6 Å². The van der Waals surface area contributed by atoms with Gasteiger partial charge < -0.3 is 0 Å². The summed E-state index contributed by atoms with van der Waals surface area (Å²) >= 11 is 1.46. The van der Waals surface area contributed by atoms with E-state index in [1.54, 1.807) is 0 Å². The van der Waals surface area contributed by atoms with Crippen molar-refractivity contribution in [1.82, 2.24) is 0 Å². The molecular weight excluding hydrogens is 620 g/mol. The molecule has 45 heavy (non-hydrogen) atoms. The minimum absolute atomic E-state index is 0.0340. The molecule has 0 fully saturated rings. The molecule has 1 heteroatoms. The Hall–Kier alpha value is -3.15. The average molecular weight is 664 g/mol. The van der Waals surface area contributed by atoms with Gasteiger partial charge in [0.15, 0.2) is 0 Å². The van der Waals surface area contributed by atoms with Gasteiger partial charge in [0.25, 0.3) is 0 Å². The molecule has 224 valence electrons. The van der Waals surface area contributed by atoms with Crippen LogP contribution in [0.1, 0.15) is 101 Å². The van der Waals surface area contributed by atoms with E-state index in [0.29, 0.717) is 5.92 Å². The van der Waals surface area contributed by atoms with E-state index in [-0.39, 0.29) is 10.8 Å². The molecule has 8 rings (SSSR count). The maximum absolute atomic E-state index is 3.65. The van der Waals surface area contributed by atoms with Gasteiger partial charge in [-0.15, -0.1) is 18.6 Å². The van der Waals surface area contributed by atoms with Gasteiger partial charge >= 0.3 is 86.7 Å². The van der Waals surface area contributed by atoms with Crippen LogP contribution in [0.4, 0.5) is 0 Å². The third-order valence-corrected chi connectivity index (χ3v) is 10.7. The number of allylic oxidation sites excluding steroid dienone is 8. The summed E-state index contributed by atoms with van der Waals surface area (Å²) in [5, 5.41) is 2.69. The van der Waals surface area contributed by atoms with Crippen molar-refractivity contribution in [3.05, 3.63) is 141 Å². The molecule has 0 heterocycles. The van der Waals surface area contributed by atoms with Crippen molar-refractivity contribution >= 4 is 25.6 Å². The SMILES string of the molecule is CC1=[C-]C(C)(C)c2cc3c(cc21)-c1cc2c(cc1C3)C(C)(C)C=C2C.CC1=[C-]C(C)C=C1C.[Zr+2]=[CH]c1cccc2ccccc12. The van der Waals surface area contributed by atoms with Crippen molar-refractivity contribution in [1.29, 1.82) is 0 Å². The Labute approximate surface area is 286 Å². The molecule has 0 saturated heterocycles. The standard InChI is InChI=1S/C25H25.C11H8.C8H11.Zr/c1-14-12-24(3,4)22-8-16-7-17-9-23-19(15(2)13-25(23,5)6)11-21(17)20(16)10-18(14)22;1-9-5-4-7-10-6-2-3-8-11(9)10;1-6-4-7(2)8(3)5-6;/h8-12H,7H2,1-6H3;1-8H;4,6H,1-3H3;/q-1;;-1;+2. The first-order valence-electron chi connectivity index (χ1n) is 16.2. The van der Waals surface area contributed by atoms with Crippen LogP contribution in [0.5, 0.6) is 0 Å². The zero-order valence-corrected chi connectivity index (χ0v) is 30.8. The van der Waals surface area contributed by atoms with Crippen LogP contribution in [0.3, 0.4) is 0 Å². The topological polar surface area (TPSA) is 0 Å². The molecule has 1 atom stereocenters. The Morgan fingerprint density at radius 3 is 2.00 bits per heavy atom. The monoisotopic (exact) mass is 662 g/mol. The molecule has 0 spiro atoms. The molecule has 4 aliphatic rings. The maximum atomic E-state index is 3.65. The molecule has 0 saturated carbocycles. The fraction of sp³-hybridized carbons (Fsp3) is 0.295. The first-order chi connectivity index (χ1) is 21.3. The number of benzene rings is 4. The third-order valence-electron chi connectivity index (χ3n) is 9.95. The molecule has 0 aromatic heterocycles. The Bertz CT molecular complexity index is 1880. The number of hydrogen-bond acceptors (Lipinski definition) is 0. The van der Waals surface area contributed by atoms with Crippen LogP contribution >= 0.6 is 0 Å². The summed E-state index contributed by atoms with van der Waals surface area (Å²) in [4.78, 5) is 0. The summed E-state index contributed by atoms with van der Waals surface area (Å²) in [5.74, 6) is 0.551. The zero-order chi connectivity index (χ0) is 32.3. The fourth-order valence-electron chi connectivity index (χ4n) is 7.65. The quantitative estimate of drug-likeness (QED) is 0.157. The van der Waals surface area contributed by atoms with Crippen LogP contribution < -0.4 is 0 Å². The molecule has 0 nitrogen and oxygen atoms in total. The third kappa shape index (κ3) is 5.94. The van der Waals surface area contributed by atoms with E-state index in [9.17, 15) is 0 Å². The van der Waals surface area contributed by atoms with Crippen LogP contribution in [0, 0.1) is 18.1 Å². The fourth-order valence-corrected chi connectivity index (χ4v) is 8.27. The van der Waals surface area contributed by atoms with Crippen LogP contribution in [0.15, 0.2) is 90.0 Å². The predicted molar refractivity (Wildman–Crippen MR) is 191 cm³/mol. The molecule has 0 radical (unpaired) electrons. The van der Waals surface area contributed by atoms with Crippen LogP contribution in [-0.2, 0) is 41.5 Å². The van der Waals surface area contributed by atoms with E-state index in [2.05, 4.69) is 157 Å². The second-order valence-electron chi connectivity index (χ2n) is 14.3. The summed E-state index contributed by atoms with van der Waals surface area (Å²) < 4.78 is 2.23. The number of rotatable bonds is 1. The Kier molecular flexibility index (Phi) is 8.41. The van der Waals surface area contributed by atoms with Crippen LogP contribution in [0.2, 0.25) is 0 Å². The van der Waals surface area contributed by atoms with Gasteiger partial charge in [0.2, 0.25) is 0 Å². The van der Waals surface area contributed by atoms with E-state index in [4.69, 9.17) is 0 Å². The van der Waals surface area contributed by atoms with Gasteiger partial charge in [-0.3, -0.25) is 12.2 Å². The minimum atomic E-state index is 0.0340. The second-order valence-corrected chi connectivity index (χ2v) is 15.0. The van der Waals surface area contributed by atoms with E-state index < -0.39 is 0 Å². The van der Waals surface area contributed by atoms with E-state index in [0.717, 1.165) is 6.42 Å². The Morgan fingerprint density at radius 2 is 1.38 bits per heavy atom. The normalized spacial score (nSPS) is 19.0. The summed E-state index contributed by atoms with van der Waals surface area (Å²) in [6.07, 6.45) is 12.7. The molecule has 4 aliphatic carbocycles. The van der Waals surface area contributed by atoms with Crippen molar-refractivity contribution in [2.75, 3.05) is 0 Å². The summed E-state index contributed by atoms with van der Waals surface area (Å²) in [7, 11) is 0. The van der Waals surface area contributed by atoms with Crippen molar-refractivity contribution in [3.8, 4) is 11.1 Å². The summed E-state index contributed by atoms with van der Waals surface area (Å²) in [5.41, 5.74) is 18.6. The van der Waals surface area contributed by atoms with Gasteiger partial charge in [-0.25, -0.2) is 16.7 Å². The molecule has 1 unspecified atom stereocenters. The summed E-state index contributed by atoms with van der Waals surface area (Å²) in [6, 6.07) is 24.7. The Morgan fingerprint density at radius 1 is 0.733 bits per heavy atom. The second kappa shape index (κ2) is 11.9. The van der Waals surface area contributed by atoms with Crippen molar-refractivity contribution in [3.63, 3.8) is 0 Å². The van der Waals surface area contributed by atoms with Crippen LogP contribution in [-0.4, -0.2) is 3.71 Å². The predicted octanol–water partition coefficient (Wildman–Crippen LogP) is 11.3. The molecule has 0 bridgehead atoms. The summed E-state index contributed by atoms with van der Waals surface area (Å²) in [6.45, 7) is 20.1. The van der Waals surface area contributed by atoms with Crippen molar-refractivity contribution < 1.29 is 24.2 Å². The molecule has 4 aromatic rings. The van der Waals surface area contributed by atoms with Gasteiger partial charge in [0, 0.05) is 5.41 Å². The first kappa shape index (κ1) is 31.8. The van der Waals surface area contributed by atoms with Gasteiger partial charge in [-0.2, -0.15) is 11.6 Å². The van der Waals surface area contributed by atoms with Crippen LogP contribution in [0.25, 0.3) is 33.0 Å². The van der Waals surface area contributed by atoms with Crippen molar-refractivity contribution in [2.24, 2.45) is 5.92 Å². The average Bonchev–Trinajstić information content (AvgIpc) is 3.64. The molecule has 0 amide bonds. The van der Waals surface area contributed by atoms with E-state index >= 15 is 0 Å². The van der Waals surface area contributed by atoms with Gasteiger partial charge in [-0.1, -0.05) is 78.0 Å². The molecule has 4 aromatic carbocycles. The number of fused-ring (bicyclic) bond motifs is 6. The van der Waals surface area contributed by atoms with Gasteiger partial charge in [0.05, 0.1) is 0 Å². The van der Waals surface area contributed by atoms with Gasteiger partial charge in [-0.05, 0) is 58.4 Å². The molecule has 0 N–H and O–H groups in total. The number of hydrogen-bond donors (Lipinski definition) is 0. The molecular formula is C44H44Zr. The zero-order valence-electron chi connectivity index (χ0n) is 28.4. The molecule has 0 aliphatic heterocycles. The van der Waals surface area contributed by atoms with E-state index in [1.807, 2.05) is 0 Å². The first-order valence-corrected chi connectivity index (χ1v) is 17.6. The van der Waals surface area contributed by atoms with E-state index in [1.165, 1.54) is 107 Å². The Balaban J connectivity index is 0.000000147. The van der Waals surface area contributed by atoms with Gasteiger partial charge in [0.1, 0.15) is 0 Å².